The molecule has 0 unspecified atom stereocenters. The molecule has 0 saturated carbocycles. The topological polar surface area (TPSA) is 17.1 Å². The Hall–Kier alpha value is -0.910. The molecule has 0 aromatic heterocycles. The van der Waals surface area contributed by atoms with Crippen molar-refractivity contribution in [1.82, 2.24) is 0 Å². The minimum Gasteiger partial charge on any atom is -0.294 e. The van der Waals surface area contributed by atoms with Gasteiger partial charge in [-0.3, -0.25) is 4.79 Å². The smallest absolute Gasteiger partial charge is 0.294 e. The van der Waals surface area contributed by atoms with Gasteiger partial charge < -0.3 is 0 Å². The summed E-state index contributed by atoms with van der Waals surface area (Å²) in [4.78, 5) is 10.9. The molecule has 1 nitrogen and oxygen atoms in total. The average molecular weight is 285 g/mol. The Balaban J connectivity index is 3.57. The first-order valence-electron chi connectivity index (χ1n) is 3.81. The number of halogens is 5. The summed E-state index contributed by atoms with van der Waals surface area (Å²) in [7, 11) is 0. The molecule has 15 heavy (non-hydrogen) atoms. The highest BCUT2D eigenvalue weighted by Crippen LogP contribution is 2.36. The fourth-order valence-electron chi connectivity index (χ4n) is 1.12. The number of ketones is 1. The van der Waals surface area contributed by atoms with Crippen LogP contribution >= 0.6 is 15.9 Å². The summed E-state index contributed by atoms with van der Waals surface area (Å²) < 4.78 is 50.2. The van der Waals surface area contributed by atoms with Crippen molar-refractivity contribution in [3.63, 3.8) is 0 Å². The molecule has 0 radical (unpaired) electrons. The number of rotatable bonds is 1. The van der Waals surface area contributed by atoms with Crippen molar-refractivity contribution >= 4 is 21.7 Å². The first-order chi connectivity index (χ1) is 6.75. The van der Waals surface area contributed by atoms with E-state index in [9.17, 15) is 22.4 Å². The van der Waals surface area contributed by atoms with Crippen molar-refractivity contribution in [2.24, 2.45) is 0 Å². The number of benzene rings is 1. The number of hydrogen-bond acceptors (Lipinski definition) is 1. The third-order valence-corrected chi connectivity index (χ3v) is 2.37. The maximum absolute atomic E-state index is 13.2. The van der Waals surface area contributed by atoms with Crippen LogP contribution in [0, 0.1) is 5.82 Å². The first-order valence-corrected chi connectivity index (χ1v) is 4.60. The number of alkyl halides is 3. The van der Waals surface area contributed by atoms with E-state index in [4.69, 9.17) is 0 Å². The predicted octanol–water partition coefficient (Wildman–Crippen LogP) is 3.81. The molecule has 0 fully saturated rings. The van der Waals surface area contributed by atoms with Gasteiger partial charge in [0.25, 0.3) is 0 Å². The molecule has 0 atom stereocenters. The van der Waals surface area contributed by atoms with Crippen LogP contribution in [-0.2, 0) is 6.18 Å². The van der Waals surface area contributed by atoms with Gasteiger partial charge in [0, 0.05) is 5.56 Å². The third kappa shape index (κ3) is 2.37. The maximum Gasteiger partial charge on any atom is 0.419 e. The summed E-state index contributed by atoms with van der Waals surface area (Å²) in [5.41, 5.74) is -2.19. The Morgan fingerprint density at radius 1 is 1.33 bits per heavy atom. The molecule has 82 valence electrons. The zero-order chi connectivity index (χ0) is 11.8. The fourth-order valence-corrected chi connectivity index (χ4v) is 1.45. The Bertz CT molecular complexity index is 411. The normalized spacial score (nSPS) is 11.6. The second-order valence-electron chi connectivity index (χ2n) is 2.84. The van der Waals surface area contributed by atoms with Crippen LogP contribution in [0.1, 0.15) is 22.8 Å². The molecule has 1 aromatic rings. The van der Waals surface area contributed by atoms with Crippen molar-refractivity contribution in [3.05, 3.63) is 33.5 Å². The first kappa shape index (κ1) is 12.2. The predicted molar refractivity (Wildman–Crippen MR) is 49.1 cm³/mol. The number of carbonyl (C=O) groups is 1. The summed E-state index contributed by atoms with van der Waals surface area (Å²) in [5, 5.41) is 0. The largest absolute Gasteiger partial charge is 0.419 e. The van der Waals surface area contributed by atoms with Crippen LogP contribution in [0.25, 0.3) is 0 Å². The van der Waals surface area contributed by atoms with Gasteiger partial charge in [-0.1, -0.05) is 0 Å². The number of Topliss-reactive ketones (excluding diaryl/α,β-unsaturated/α-hetero) is 1. The van der Waals surface area contributed by atoms with E-state index in [1.165, 1.54) is 0 Å². The maximum atomic E-state index is 13.2. The third-order valence-electron chi connectivity index (χ3n) is 1.76. The summed E-state index contributed by atoms with van der Waals surface area (Å²) in [6.07, 6.45) is -4.88. The zero-order valence-corrected chi connectivity index (χ0v) is 9.04. The van der Waals surface area contributed by atoms with Crippen LogP contribution in [0.4, 0.5) is 17.6 Å². The lowest BCUT2D eigenvalue weighted by atomic mass is 10.0. The van der Waals surface area contributed by atoms with Gasteiger partial charge in [-0.2, -0.15) is 13.2 Å². The monoisotopic (exact) mass is 284 g/mol. The molecule has 0 heterocycles. The van der Waals surface area contributed by atoms with Gasteiger partial charge in [0.2, 0.25) is 0 Å². The highest BCUT2D eigenvalue weighted by Gasteiger charge is 2.38. The van der Waals surface area contributed by atoms with Crippen LogP contribution in [0.5, 0.6) is 0 Å². The second kappa shape index (κ2) is 3.92. The molecular weight excluding hydrogens is 280 g/mol. The van der Waals surface area contributed by atoms with Crippen molar-refractivity contribution in [2.75, 3.05) is 0 Å². The van der Waals surface area contributed by atoms with Gasteiger partial charge in [-0.25, -0.2) is 4.39 Å². The van der Waals surface area contributed by atoms with E-state index >= 15 is 0 Å². The Morgan fingerprint density at radius 2 is 1.87 bits per heavy atom. The molecule has 0 amide bonds. The van der Waals surface area contributed by atoms with E-state index in [2.05, 4.69) is 15.9 Å². The van der Waals surface area contributed by atoms with E-state index in [-0.39, 0.29) is 4.47 Å². The Morgan fingerprint density at radius 3 is 2.27 bits per heavy atom. The minimum atomic E-state index is -4.88. The summed E-state index contributed by atoms with van der Waals surface area (Å²) in [5.74, 6) is -2.29. The molecule has 0 spiro atoms. The molecule has 0 aliphatic rings. The van der Waals surface area contributed by atoms with Crippen molar-refractivity contribution < 1.29 is 22.4 Å². The molecule has 0 N–H and O–H groups in total. The quantitative estimate of drug-likeness (QED) is 0.566. The van der Waals surface area contributed by atoms with Crippen molar-refractivity contribution in [1.29, 1.82) is 0 Å². The highest BCUT2D eigenvalue weighted by molar-refractivity contribution is 9.10. The minimum absolute atomic E-state index is 0.320. The van der Waals surface area contributed by atoms with Gasteiger partial charge in [-0.15, -0.1) is 0 Å². The van der Waals surface area contributed by atoms with Gasteiger partial charge in [0.15, 0.2) is 5.78 Å². The van der Waals surface area contributed by atoms with Crippen molar-refractivity contribution in [2.45, 2.75) is 13.1 Å². The Labute approximate surface area is 91.2 Å². The fraction of sp³-hybridized carbons (Fsp3) is 0.222. The summed E-state index contributed by atoms with van der Waals surface area (Å²) in [6, 6.07) is 2.01. The second-order valence-corrected chi connectivity index (χ2v) is 3.69. The molecule has 0 bridgehead atoms. The van der Waals surface area contributed by atoms with E-state index in [0.717, 1.165) is 19.1 Å². The lowest BCUT2D eigenvalue weighted by molar-refractivity contribution is -0.140. The van der Waals surface area contributed by atoms with E-state index < -0.39 is 28.9 Å². The summed E-state index contributed by atoms with van der Waals surface area (Å²) in [6.45, 7) is 0.956. The van der Waals surface area contributed by atoms with E-state index in [1.54, 1.807) is 0 Å². The molecule has 1 aromatic carbocycles. The Kier molecular flexibility index (Phi) is 3.18. The standard InChI is InChI=1S/C9H5BrF4O/c1-4(15)5-2-3-6(10)8(11)7(5)9(12,13)14/h2-3H,1H3. The van der Waals surface area contributed by atoms with Gasteiger partial charge in [0.05, 0.1) is 4.47 Å². The molecule has 0 aliphatic carbocycles. The van der Waals surface area contributed by atoms with Crippen LogP contribution < -0.4 is 0 Å². The van der Waals surface area contributed by atoms with E-state index in [0.29, 0.717) is 0 Å². The summed E-state index contributed by atoms with van der Waals surface area (Å²) >= 11 is 2.64. The average Bonchev–Trinajstić information content (AvgIpc) is 2.06. The van der Waals surface area contributed by atoms with Crippen LogP contribution in [-0.4, -0.2) is 5.78 Å². The number of hydrogen-bond donors (Lipinski definition) is 0. The number of carbonyl (C=O) groups excluding carboxylic acids is 1. The lowest BCUT2D eigenvalue weighted by Gasteiger charge is -2.12. The molecule has 6 heteroatoms. The highest BCUT2D eigenvalue weighted by atomic mass is 79.9. The molecule has 0 aliphatic heterocycles. The van der Waals surface area contributed by atoms with Gasteiger partial charge in [0.1, 0.15) is 11.4 Å². The van der Waals surface area contributed by atoms with Gasteiger partial charge >= 0.3 is 6.18 Å². The van der Waals surface area contributed by atoms with Crippen molar-refractivity contribution in [3.8, 4) is 0 Å². The van der Waals surface area contributed by atoms with Crippen LogP contribution in [0.3, 0.4) is 0 Å². The van der Waals surface area contributed by atoms with Crippen LogP contribution in [0.2, 0.25) is 0 Å². The zero-order valence-electron chi connectivity index (χ0n) is 7.45. The molecule has 1 rings (SSSR count). The van der Waals surface area contributed by atoms with Crippen LogP contribution in [0.15, 0.2) is 16.6 Å². The van der Waals surface area contributed by atoms with E-state index in [1.807, 2.05) is 0 Å². The molecule has 0 saturated heterocycles. The SMILES string of the molecule is CC(=O)c1ccc(Br)c(F)c1C(F)(F)F. The van der Waals surface area contributed by atoms with Gasteiger partial charge in [-0.05, 0) is 35.0 Å². The lowest BCUT2D eigenvalue weighted by Crippen LogP contribution is -2.14. The molecular formula is C9H5BrF4O.